The van der Waals surface area contributed by atoms with Gasteiger partial charge < -0.3 is 34.6 Å². The number of nitrogens with one attached hydrogen (secondary N) is 2. The van der Waals surface area contributed by atoms with Gasteiger partial charge in [0, 0.05) is 26.2 Å². The molecule has 0 unspecified atom stereocenters. The van der Waals surface area contributed by atoms with Gasteiger partial charge in [-0.1, -0.05) is 18.2 Å². The maximum Gasteiger partial charge on any atom is 0.317 e. The van der Waals surface area contributed by atoms with Crippen LogP contribution >= 0.6 is 0 Å². The van der Waals surface area contributed by atoms with Crippen LogP contribution in [0.5, 0.6) is 17.2 Å². The summed E-state index contributed by atoms with van der Waals surface area (Å²) in [5, 5.41) is 5.38. The lowest BCUT2D eigenvalue weighted by Gasteiger charge is -2.37. The number of urea groups is 1. The molecule has 2 aromatic rings. The average Bonchev–Trinajstić information content (AvgIpc) is 2.87. The number of methoxy groups -OCH3 is 1. The summed E-state index contributed by atoms with van der Waals surface area (Å²) in [7, 11) is 1.53. The van der Waals surface area contributed by atoms with E-state index in [1.807, 2.05) is 25.1 Å². The Morgan fingerprint density at radius 3 is 2.47 bits per heavy atom. The molecular weight excluding hydrogens is 440 g/mol. The zero-order valence-corrected chi connectivity index (χ0v) is 19.2. The van der Waals surface area contributed by atoms with Crippen molar-refractivity contribution in [3.63, 3.8) is 0 Å². The second kappa shape index (κ2) is 10.3. The molecule has 2 aromatic carbocycles. The highest BCUT2D eigenvalue weighted by atomic mass is 16.6. The average molecular weight is 469 g/mol. The van der Waals surface area contributed by atoms with Crippen molar-refractivity contribution >= 4 is 23.5 Å². The number of carbonyl (C=O) groups excluding carboxylic acids is 3. The van der Waals surface area contributed by atoms with E-state index in [4.69, 9.17) is 14.2 Å². The maximum absolute atomic E-state index is 12.8. The van der Waals surface area contributed by atoms with Crippen molar-refractivity contribution in [3.8, 4) is 17.2 Å². The van der Waals surface area contributed by atoms with Crippen LogP contribution in [0.1, 0.15) is 5.56 Å². The van der Waals surface area contributed by atoms with E-state index in [2.05, 4.69) is 10.6 Å². The van der Waals surface area contributed by atoms with Crippen molar-refractivity contribution in [2.75, 3.05) is 51.8 Å². The Morgan fingerprint density at radius 2 is 1.74 bits per heavy atom. The van der Waals surface area contributed by atoms with Crippen LogP contribution < -0.4 is 24.8 Å². The second-order valence-corrected chi connectivity index (χ2v) is 8.09. The molecule has 10 nitrogen and oxygen atoms in total. The lowest BCUT2D eigenvalue weighted by molar-refractivity contribution is -0.142. The minimum Gasteiger partial charge on any atom is -0.495 e. The van der Waals surface area contributed by atoms with E-state index in [-0.39, 0.29) is 31.0 Å². The predicted molar refractivity (Wildman–Crippen MR) is 124 cm³/mol. The number of ether oxygens (including phenoxy) is 3. The summed E-state index contributed by atoms with van der Waals surface area (Å²) >= 11 is 0. The van der Waals surface area contributed by atoms with Gasteiger partial charge in [-0.25, -0.2) is 4.79 Å². The van der Waals surface area contributed by atoms with Crippen molar-refractivity contribution in [3.05, 3.63) is 48.0 Å². The summed E-state index contributed by atoms with van der Waals surface area (Å²) in [6.45, 7) is 3.34. The van der Waals surface area contributed by atoms with Crippen molar-refractivity contribution in [2.45, 2.75) is 13.0 Å². The third kappa shape index (κ3) is 5.33. The Kier molecular flexibility index (Phi) is 7.05. The van der Waals surface area contributed by atoms with Crippen LogP contribution in [0.25, 0.3) is 0 Å². The zero-order valence-electron chi connectivity index (χ0n) is 19.2. The molecule has 34 heavy (non-hydrogen) atoms. The minimum absolute atomic E-state index is 0.150. The van der Waals surface area contributed by atoms with E-state index in [0.29, 0.717) is 49.1 Å². The highest BCUT2D eigenvalue weighted by molar-refractivity contribution is 5.95. The Bertz CT molecular complexity index is 1070. The largest absolute Gasteiger partial charge is 0.495 e. The first kappa shape index (κ1) is 23.2. The van der Waals surface area contributed by atoms with Crippen molar-refractivity contribution < 1.29 is 28.6 Å². The van der Waals surface area contributed by atoms with Crippen molar-refractivity contribution in [2.24, 2.45) is 0 Å². The molecule has 0 spiro atoms. The summed E-state index contributed by atoms with van der Waals surface area (Å²) in [5.74, 6) is 1.19. The summed E-state index contributed by atoms with van der Waals surface area (Å²) < 4.78 is 16.7. The highest BCUT2D eigenvalue weighted by Crippen LogP contribution is 2.31. The van der Waals surface area contributed by atoms with Gasteiger partial charge in [-0.05, 0) is 36.8 Å². The van der Waals surface area contributed by atoms with E-state index in [9.17, 15) is 14.4 Å². The van der Waals surface area contributed by atoms with Gasteiger partial charge in [0.25, 0.3) is 5.91 Å². The van der Waals surface area contributed by atoms with Crippen molar-refractivity contribution in [1.29, 1.82) is 0 Å². The first-order chi connectivity index (χ1) is 16.4. The number of amides is 4. The number of piperazine rings is 1. The lowest BCUT2D eigenvalue weighted by Crippen LogP contribution is -2.56. The number of para-hydroxylation sites is 2. The van der Waals surface area contributed by atoms with Crippen LogP contribution in [0.2, 0.25) is 0 Å². The number of hydrogen-bond donors (Lipinski definition) is 2. The maximum atomic E-state index is 12.8. The smallest absolute Gasteiger partial charge is 0.317 e. The fraction of sp³-hybridized carbons (Fsp3) is 0.375. The number of benzene rings is 2. The van der Waals surface area contributed by atoms with Crippen LogP contribution in [-0.4, -0.2) is 80.2 Å². The van der Waals surface area contributed by atoms with Crippen LogP contribution in [-0.2, 0) is 9.59 Å². The van der Waals surface area contributed by atoms with Gasteiger partial charge in [0.2, 0.25) is 12.0 Å². The standard InChI is InChI=1S/C24H28N4O6/c1-16-7-8-18(32-2)17(13-16)26-22(29)14-25-24(31)28-11-9-27(10-12-28)23(30)21-15-33-19-5-3-4-6-20(19)34-21/h3-8,13,21H,9-12,14-15H2,1-2H3,(H,25,31)(H,26,29)/t21-/m0/s1. The molecule has 4 amide bonds. The van der Waals surface area contributed by atoms with E-state index < -0.39 is 6.10 Å². The molecule has 1 saturated heterocycles. The molecule has 1 fully saturated rings. The Balaban J connectivity index is 1.22. The van der Waals surface area contributed by atoms with Crippen LogP contribution in [0.4, 0.5) is 10.5 Å². The van der Waals surface area contributed by atoms with E-state index in [1.54, 1.807) is 34.1 Å². The van der Waals surface area contributed by atoms with E-state index in [0.717, 1.165) is 5.56 Å². The summed E-state index contributed by atoms with van der Waals surface area (Å²) in [4.78, 5) is 40.9. The van der Waals surface area contributed by atoms with Gasteiger partial charge >= 0.3 is 6.03 Å². The quantitative estimate of drug-likeness (QED) is 0.691. The molecule has 2 heterocycles. The second-order valence-electron chi connectivity index (χ2n) is 8.09. The molecule has 2 N–H and O–H groups in total. The predicted octanol–water partition coefficient (Wildman–Crippen LogP) is 1.64. The first-order valence-electron chi connectivity index (χ1n) is 11.1. The van der Waals surface area contributed by atoms with Crippen molar-refractivity contribution in [1.82, 2.24) is 15.1 Å². The Labute approximate surface area is 197 Å². The van der Waals surface area contributed by atoms with Crippen LogP contribution in [0.15, 0.2) is 42.5 Å². The number of carbonyl (C=O) groups is 3. The summed E-state index contributed by atoms with van der Waals surface area (Å²) in [6.07, 6.45) is -0.711. The number of fused-ring (bicyclic) bond motifs is 1. The molecule has 0 bridgehead atoms. The molecule has 1 atom stereocenters. The molecule has 4 rings (SSSR count). The minimum atomic E-state index is -0.711. The Hall–Kier alpha value is -3.95. The zero-order chi connectivity index (χ0) is 24.1. The summed E-state index contributed by atoms with van der Waals surface area (Å²) in [5.41, 5.74) is 1.52. The lowest BCUT2D eigenvalue weighted by atomic mass is 10.2. The fourth-order valence-corrected chi connectivity index (χ4v) is 3.86. The van der Waals surface area contributed by atoms with E-state index >= 15 is 0 Å². The molecule has 0 saturated carbocycles. The first-order valence-corrected chi connectivity index (χ1v) is 11.1. The van der Waals surface area contributed by atoms with Gasteiger partial charge in [-0.2, -0.15) is 0 Å². The SMILES string of the molecule is COc1ccc(C)cc1NC(=O)CNC(=O)N1CCN(C(=O)[C@@H]2COc3ccccc3O2)CC1. The molecule has 180 valence electrons. The van der Waals surface area contributed by atoms with Crippen LogP contribution in [0, 0.1) is 6.92 Å². The van der Waals surface area contributed by atoms with E-state index in [1.165, 1.54) is 7.11 Å². The molecule has 2 aliphatic heterocycles. The Morgan fingerprint density at radius 1 is 1.03 bits per heavy atom. The van der Waals surface area contributed by atoms with Gasteiger partial charge in [-0.3, -0.25) is 9.59 Å². The highest BCUT2D eigenvalue weighted by Gasteiger charge is 2.33. The van der Waals surface area contributed by atoms with Crippen LogP contribution in [0.3, 0.4) is 0 Å². The van der Waals surface area contributed by atoms with Gasteiger partial charge in [0.05, 0.1) is 19.3 Å². The third-order valence-corrected chi connectivity index (χ3v) is 5.69. The molecular formula is C24H28N4O6. The topological polar surface area (TPSA) is 109 Å². The number of aryl methyl sites for hydroxylation is 1. The number of anilines is 1. The summed E-state index contributed by atoms with van der Waals surface area (Å²) in [6, 6.07) is 12.3. The normalized spacial score (nSPS) is 17.1. The molecule has 10 heteroatoms. The number of rotatable bonds is 5. The number of hydrogen-bond acceptors (Lipinski definition) is 6. The molecule has 0 aromatic heterocycles. The molecule has 2 aliphatic rings. The van der Waals surface area contributed by atoms with Gasteiger partial charge in [0.15, 0.2) is 11.5 Å². The number of nitrogens with zero attached hydrogens (tertiary/aromatic N) is 2. The fourth-order valence-electron chi connectivity index (χ4n) is 3.86. The van der Waals surface area contributed by atoms with Gasteiger partial charge in [0.1, 0.15) is 12.4 Å². The monoisotopic (exact) mass is 468 g/mol. The molecule has 0 radical (unpaired) electrons. The molecule has 0 aliphatic carbocycles. The van der Waals surface area contributed by atoms with Gasteiger partial charge in [-0.15, -0.1) is 0 Å². The third-order valence-electron chi connectivity index (χ3n) is 5.69.